The number of anilines is 2. The predicted octanol–water partition coefficient (Wildman–Crippen LogP) is 8.50. The summed E-state index contributed by atoms with van der Waals surface area (Å²) in [5.74, 6) is -1.73. The second kappa shape index (κ2) is 14.9. The monoisotopic (exact) mass is 760 g/mol. The average molecular weight is 761 g/mol. The van der Waals surface area contributed by atoms with Gasteiger partial charge in [-0.25, -0.2) is 9.36 Å². The summed E-state index contributed by atoms with van der Waals surface area (Å²) in [7, 11) is 0. The van der Waals surface area contributed by atoms with E-state index in [1.165, 1.54) is 35.9 Å². The molecule has 0 aliphatic heterocycles. The Morgan fingerprint density at radius 1 is 0.607 bits per heavy atom. The van der Waals surface area contributed by atoms with Crippen molar-refractivity contribution in [1.82, 2.24) is 19.6 Å². The molecule has 286 valence electrons. The summed E-state index contributed by atoms with van der Waals surface area (Å²) >= 11 is 0. The number of para-hydroxylation sites is 2. The Kier molecular flexibility index (Phi) is 10.4. The van der Waals surface area contributed by atoms with Gasteiger partial charge < -0.3 is 10.6 Å². The van der Waals surface area contributed by atoms with Crippen LogP contribution in [0.15, 0.2) is 107 Å². The number of carbonyl (C=O) groups excluding carboxylic acids is 2. The van der Waals surface area contributed by atoms with Crippen molar-refractivity contribution < 1.29 is 22.8 Å². The molecule has 56 heavy (non-hydrogen) atoms. The van der Waals surface area contributed by atoms with Crippen LogP contribution < -0.4 is 21.5 Å². The summed E-state index contributed by atoms with van der Waals surface area (Å²) in [6.07, 6.45) is -4.74. The van der Waals surface area contributed by atoms with Gasteiger partial charge in [0.1, 0.15) is 0 Å². The van der Waals surface area contributed by atoms with Gasteiger partial charge in [0.25, 0.3) is 11.8 Å². The first kappa shape index (κ1) is 39.1. The molecule has 2 amide bonds. The molecular weight excluding hydrogens is 722 g/mol. The Morgan fingerprint density at radius 3 is 1.64 bits per heavy atom. The molecule has 2 N–H and O–H groups in total. The van der Waals surface area contributed by atoms with E-state index in [1.54, 1.807) is 30.7 Å². The first-order valence-electron chi connectivity index (χ1n) is 17.7. The number of alkyl halides is 3. The lowest BCUT2D eigenvalue weighted by atomic mass is 9.82. The molecule has 0 unspecified atom stereocenters. The minimum Gasteiger partial charge on any atom is -0.320 e. The van der Waals surface area contributed by atoms with Crippen LogP contribution in [0.25, 0.3) is 22.5 Å². The molecule has 0 saturated carbocycles. The van der Waals surface area contributed by atoms with Crippen LogP contribution in [0.3, 0.4) is 0 Å². The number of nitrogens with zero attached hydrogens (tertiary/aromatic N) is 4. The highest BCUT2D eigenvalue weighted by molar-refractivity contribution is 6.05. The van der Waals surface area contributed by atoms with E-state index in [4.69, 9.17) is 0 Å². The molecule has 0 aliphatic carbocycles. The SMILES string of the molecule is Cc1cccc(C(F)(F)F)c1NC(=O)c1nn(-c2ccc(-c3ccc(C(C)(C)C)c(NC(=O)c4nn(-c5ccccc5)c(C)cc4=O)c3C)cc2)c(C)cc1=O. The first-order chi connectivity index (χ1) is 26.3. The van der Waals surface area contributed by atoms with E-state index in [2.05, 4.69) is 20.8 Å². The molecule has 0 aliphatic rings. The van der Waals surface area contributed by atoms with Gasteiger partial charge in [-0.2, -0.15) is 23.4 Å². The molecule has 2 heterocycles. The number of hydrogen-bond donors (Lipinski definition) is 2. The molecule has 10 nitrogen and oxygen atoms in total. The Hall–Kier alpha value is -6.63. The summed E-state index contributed by atoms with van der Waals surface area (Å²) < 4.78 is 44.1. The van der Waals surface area contributed by atoms with Crippen LogP contribution in [0.5, 0.6) is 0 Å². The molecular formula is C43H39F3N6O4. The molecule has 6 rings (SSSR count). The van der Waals surface area contributed by atoms with E-state index >= 15 is 0 Å². The maximum absolute atomic E-state index is 13.8. The van der Waals surface area contributed by atoms with Crippen molar-refractivity contribution in [3.05, 3.63) is 163 Å². The summed E-state index contributed by atoms with van der Waals surface area (Å²) in [6.45, 7) is 12.7. The lowest BCUT2D eigenvalue weighted by Crippen LogP contribution is -2.28. The van der Waals surface area contributed by atoms with Crippen molar-refractivity contribution >= 4 is 23.2 Å². The number of benzene rings is 4. The van der Waals surface area contributed by atoms with Crippen LogP contribution in [0.2, 0.25) is 0 Å². The molecule has 0 atom stereocenters. The van der Waals surface area contributed by atoms with Crippen LogP contribution in [0, 0.1) is 27.7 Å². The number of rotatable bonds is 7. The number of hydrogen-bond acceptors (Lipinski definition) is 6. The number of aryl methyl sites for hydroxylation is 3. The average Bonchev–Trinajstić information content (AvgIpc) is 3.13. The molecule has 4 aromatic carbocycles. The van der Waals surface area contributed by atoms with E-state index < -0.39 is 51.2 Å². The fourth-order valence-electron chi connectivity index (χ4n) is 6.51. The first-order valence-corrected chi connectivity index (χ1v) is 17.7. The van der Waals surface area contributed by atoms with Gasteiger partial charge >= 0.3 is 6.18 Å². The Morgan fingerprint density at radius 2 is 1.12 bits per heavy atom. The van der Waals surface area contributed by atoms with Crippen LogP contribution >= 0.6 is 0 Å². The van der Waals surface area contributed by atoms with Crippen LogP contribution in [0.4, 0.5) is 24.5 Å². The third-order valence-electron chi connectivity index (χ3n) is 9.40. The van der Waals surface area contributed by atoms with Gasteiger partial charge in [0.05, 0.1) is 22.6 Å². The Labute approximate surface area is 320 Å². The summed E-state index contributed by atoms with van der Waals surface area (Å²) in [6, 6.07) is 26.2. The zero-order valence-electron chi connectivity index (χ0n) is 31.8. The van der Waals surface area contributed by atoms with Gasteiger partial charge in [0.15, 0.2) is 11.4 Å². The van der Waals surface area contributed by atoms with E-state index in [0.717, 1.165) is 28.3 Å². The van der Waals surface area contributed by atoms with Crippen molar-refractivity contribution in [3.8, 4) is 22.5 Å². The Bertz CT molecular complexity index is 2620. The van der Waals surface area contributed by atoms with Crippen molar-refractivity contribution in [2.75, 3.05) is 10.6 Å². The quantitative estimate of drug-likeness (QED) is 0.168. The molecule has 0 spiro atoms. The normalized spacial score (nSPS) is 11.7. The number of halogens is 3. The zero-order valence-corrected chi connectivity index (χ0v) is 31.8. The third-order valence-corrected chi connectivity index (χ3v) is 9.40. The highest BCUT2D eigenvalue weighted by atomic mass is 19.4. The predicted molar refractivity (Wildman–Crippen MR) is 210 cm³/mol. The second-order valence-corrected chi connectivity index (χ2v) is 14.5. The standard InChI is InChI=1S/C43H39F3N6O4/c1-24-12-11-15-33(43(44,45)46)36(24)47-40(55)38-34(53)23-26(3)52(50-38)30-18-16-28(17-19-30)31-20-21-32(42(5,6)7)37(27(31)4)48-41(56)39-35(54)22-25(2)51(49-39)29-13-9-8-10-14-29/h8-23H,1-7H3,(H,47,55)(H,48,56). The maximum Gasteiger partial charge on any atom is 0.418 e. The summed E-state index contributed by atoms with van der Waals surface area (Å²) in [4.78, 5) is 53.0. The summed E-state index contributed by atoms with van der Waals surface area (Å²) in [5.41, 5.74) is 1.96. The topological polar surface area (TPSA) is 128 Å². The largest absolute Gasteiger partial charge is 0.418 e. The maximum atomic E-state index is 13.8. The van der Waals surface area contributed by atoms with Gasteiger partial charge in [0.2, 0.25) is 10.9 Å². The number of nitrogens with one attached hydrogen (secondary N) is 2. The summed E-state index contributed by atoms with van der Waals surface area (Å²) in [5, 5.41) is 13.9. The minimum atomic E-state index is -4.74. The molecule has 2 aromatic heterocycles. The van der Waals surface area contributed by atoms with Crippen LogP contribution in [-0.4, -0.2) is 31.4 Å². The van der Waals surface area contributed by atoms with Crippen LogP contribution in [-0.2, 0) is 11.6 Å². The van der Waals surface area contributed by atoms with E-state index in [9.17, 15) is 32.3 Å². The lowest BCUT2D eigenvalue weighted by Gasteiger charge is -2.26. The van der Waals surface area contributed by atoms with Gasteiger partial charge in [0, 0.05) is 29.2 Å². The van der Waals surface area contributed by atoms with E-state index in [1.807, 2.05) is 82.3 Å². The van der Waals surface area contributed by atoms with Crippen molar-refractivity contribution in [2.45, 2.75) is 60.1 Å². The smallest absolute Gasteiger partial charge is 0.320 e. The van der Waals surface area contributed by atoms with Crippen LogP contribution in [0.1, 0.15) is 75.4 Å². The number of aromatic nitrogens is 4. The van der Waals surface area contributed by atoms with Crippen molar-refractivity contribution in [1.29, 1.82) is 0 Å². The van der Waals surface area contributed by atoms with E-state index in [-0.39, 0.29) is 11.3 Å². The number of carbonyl (C=O) groups is 2. The zero-order chi connectivity index (χ0) is 40.7. The third kappa shape index (κ3) is 7.79. The lowest BCUT2D eigenvalue weighted by molar-refractivity contribution is -0.136. The highest BCUT2D eigenvalue weighted by Gasteiger charge is 2.35. The van der Waals surface area contributed by atoms with Crippen molar-refractivity contribution in [3.63, 3.8) is 0 Å². The fourth-order valence-corrected chi connectivity index (χ4v) is 6.51. The molecule has 0 fully saturated rings. The molecule has 0 saturated heterocycles. The minimum absolute atomic E-state index is 0.169. The van der Waals surface area contributed by atoms with Gasteiger partial charge in [-0.15, -0.1) is 0 Å². The molecule has 6 aromatic rings. The van der Waals surface area contributed by atoms with Gasteiger partial charge in [-0.05, 0) is 91.3 Å². The molecule has 0 radical (unpaired) electrons. The Balaban J connectivity index is 1.34. The van der Waals surface area contributed by atoms with Crippen molar-refractivity contribution in [2.24, 2.45) is 0 Å². The number of amides is 2. The van der Waals surface area contributed by atoms with E-state index in [0.29, 0.717) is 28.5 Å². The molecule has 0 bridgehead atoms. The molecule has 13 heteroatoms. The highest BCUT2D eigenvalue weighted by Crippen LogP contribution is 2.38. The second-order valence-electron chi connectivity index (χ2n) is 14.5. The van der Waals surface area contributed by atoms with Gasteiger partial charge in [-0.1, -0.05) is 75.4 Å². The van der Waals surface area contributed by atoms with Gasteiger partial charge in [-0.3, -0.25) is 19.2 Å². The fraction of sp³-hybridized carbons (Fsp3) is 0.209.